The Morgan fingerprint density at radius 3 is 2.88 bits per heavy atom. The first-order valence-corrected chi connectivity index (χ1v) is 7.16. The fraction of sp³-hybridized carbons (Fsp3) is 0.571. The van der Waals surface area contributed by atoms with Crippen molar-refractivity contribution in [1.29, 1.82) is 0 Å². The molecule has 2 rings (SSSR count). The predicted octanol–water partition coefficient (Wildman–Crippen LogP) is 3.88. The zero-order chi connectivity index (χ0) is 12.3. The van der Waals surface area contributed by atoms with Crippen LogP contribution in [0, 0.1) is 0 Å². The van der Waals surface area contributed by atoms with Crippen LogP contribution in [0.25, 0.3) is 0 Å². The van der Waals surface area contributed by atoms with Gasteiger partial charge in [0, 0.05) is 17.1 Å². The van der Waals surface area contributed by atoms with Crippen molar-refractivity contribution in [1.82, 2.24) is 5.32 Å². The second-order valence-electron chi connectivity index (χ2n) is 4.75. The maximum Gasteiger partial charge on any atom is 0.120 e. The van der Waals surface area contributed by atoms with Crippen LogP contribution < -0.4 is 10.1 Å². The number of hydrogen-bond donors (Lipinski definition) is 1. The molecule has 1 aromatic carbocycles. The lowest BCUT2D eigenvalue weighted by atomic mass is 10.2. The van der Waals surface area contributed by atoms with E-state index in [2.05, 4.69) is 47.2 Å². The molecule has 2 nitrogen and oxygen atoms in total. The molecule has 1 aromatic rings. The van der Waals surface area contributed by atoms with Crippen LogP contribution >= 0.6 is 15.9 Å². The van der Waals surface area contributed by atoms with Gasteiger partial charge in [-0.05, 0) is 49.9 Å². The lowest BCUT2D eigenvalue weighted by Crippen LogP contribution is -2.16. The van der Waals surface area contributed by atoms with Gasteiger partial charge >= 0.3 is 0 Å². The average Bonchev–Trinajstić information content (AvgIpc) is 3.13. The summed E-state index contributed by atoms with van der Waals surface area (Å²) in [5, 5.41) is 3.52. The standard InChI is InChI=1S/C14H20BrNO/c1-3-10(2)17-13-6-7-14(15)11(8-13)9-16-12-4-5-12/h6-8,10,12,16H,3-5,9H2,1-2H3. The zero-order valence-corrected chi connectivity index (χ0v) is 12.1. The van der Waals surface area contributed by atoms with Crippen LogP contribution in [0.15, 0.2) is 22.7 Å². The van der Waals surface area contributed by atoms with E-state index in [4.69, 9.17) is 4.74 Å². The molecule has 94 valence electrons. The summed E-state index contributed by atoms with van der Waals surface area (Å²) in [6, 6.07) is 6.96. The fourth-order valence-corrected chi connectivity index (χ4v) is 2.00. The number of halogens is 1. The van der Waals surface area contributed by atoms with Crippen LogP contribution in [-0.4, -0.2) is 12.1 Å². The molecule has 0 radical (unpaired) electrons. The van der Waals surface area contributed by atoms with Crippen molar-refractivity contribution in [3.8, 4) is 5.75 Å². The van der Waals surface area contributed by atoms with Crippen LogP contribution in [0.3, 0.4) is 0 Å². The smallest absolute Gasteiger partial charge is 0.120 e. The molecule has 1 fully saturated rings. The number of nitrogens with one attached hydrogen (secondary N) is 1. The van der Waals surface area contributed by atoms with Crippen molar-refractivity contribution >= 4 is 15.9 Å². The second kappa shape index (κ2) is 5.87. The van der Waals surface area contributed by atoms with Gasteiger partial charge in [0.25, 0.3) is 0 Å². The van der Waals surface area contributed by atoms with Crippen LogP contribution in [-0.2, 0) is 6.54 Å². The van der Waals surface area contributed by atoms with Crippen LogP contribution in [0.4, 0.5) is 0 Å². The largest absolute Gasteiger partial charge is 0.491 e. The maximum absolute atomic E-state index is 5.83. The van der Waals surface area contributed by atoms with Gasteiger partial charge in [-0.1, -0.05) is 22.9 Å². The highest BCUT2D eigenvalue weighted by Crippen LogP contribution is 2.25. The van der Waals surface area contributed by atoms with E-state index < -0.39 is 0 Å². The molecule has 0 amide bonds. The highest BCUT2D eigenvalue weighted by molar-refractivity contribution is 9.10. The number of ether oxygens (including phenoxy) is 1. The summed E-state index contributed by atoms with van der Waals surface area (Å²) in [6.07, 6.45) is 3.95. The van der Waals surface area contributed by atoms with Gasteiger partial charge in [-0.15, -0.1) is 0 Å². The molecule has 0 bridgehead atoms. The monoisotopic (exact) mass is 297 g/mol. The summed E-state index contributed by atoms with van der Waals surface area (Å²) >= 11 is 3.59. The Morgan fingerprint density at radius 2 is 2.24 bits per heavy atom. The summed E-state index contributed by atoms with van der Waals surface area (Å²) in [4.78, 5) is 0. The normalized spacial score (nSPS) is 16.9. The predicted molar refractivity (Wildman–Crippen MR) is 74.4 cm³/mol. The molecular weight excluding hydrogens is 278 g/mol. The van der Waals surface area contributed by atoms with E-state index in [-0.39, 0.29) is 6.10 Å². The Balaban J connectivity index is 1.99. The topological polar surface area (TPSA) is 21.3 Å². The Labute approximate surface area is 112 Å². The van der Waals surface area contributed by atoms with Gasteiger partial charge in [0.15, 0.2) is 0 Å². The summed E-state index contributed by atoms with van der Waals surface area (Å²) < 4.78 is 6.99. The van der Waals surface area contributed by atoms with E-state index in [9.17, 15) is 0 Å². The second-order valence-corrected chi connectivity index (χ2v) is 5.60. The Bertz CT molecular complexity index is 376. The minimum absolute atomic E-state index is 0.278. The molecule has 3 heteroatoms. The van der Waals surface area contributed by atoms with Crippen LogP contribution in [0.1, 0.15) is 38.7 Å². The molecule has 17 heavy (non-hydrogen) atoms. The molecule has 0 spiro atoms. The minimum atomic E-state index is 0.278. The molecule has 1 saturated carbocycles. The van der Waals surface area contributed by atoms with Gasteiger partial charge in [0.05, 0.1) is 6.10 Å². The van der Waals surface area contributed by atoms with E-state index in [1.54, 1.807) is 0 Å². The van der Waals surface area contributed by atoms with E-state index in [0.717, 1.165) is 29.2 Å². The molecule has 0 aliphatic heterocycles. The van der Waals surface area contributed by atoms with Crippen molar-refractivity contribution in [3.05, 3.63) is 28.2 Å². The summed E-state index contributed by atoms with van der Waals surface area (Å²) in [5.74, 6) is 0.968. The molecule has 1 atom stereocenters. The Hall–Kier alpha value is -0.540. The lowest BCUT2D eigenvalue weighted by Gasteiger charge is -2.14. The molecule has 1 unspecified atom stereocenters. The fourth-order valence-electron chi connectivity index (χ4n) is 1.62. The van der Waals surface area contributed by atoms with Gasteiger partial charge < -0.3 is 10.1 Å². The quantitative estimate of drug-likeness (QED) is 0.860. The molecule has 0 aromatic heterocycles. The van der Waals surface area contributed by atoms with Gasteiger partial charge in [-0.25, -0.2) is 0 Å². The van der Waals surface area contributed by atoms with Crippen molar-refractivity contribution in [3.63, 3.8) is 0 Å². The zero-order valence-electron chi connectivity index (χ0n) is 10.5. The first-order chi connectivity index (χ1) is 8.19. The Kier molecular flexibility index (Phi) is 4.46. The van der Waals surface area contributed by atoms with E-state index in [1.807, 2.05) is 6.07 Å². The third kappa shape index (κ3) is 4.00. The number of benzene rings is 1. The molecular formula is C14H20BrNO. The number of rotatable bonds is 6. The summed E-state index contributed by atoms with van der Waals surface area (Å²) in [6.45, 7) is 5.16. The third-order valence-corrected chi connectivity index (χ3v) is 3.86. The molecule has 1 aliphatic rings. The number of hydrogen-bond acceptors (Lipinski definition) is 2. The first-order valence-electron chi connectivity index (χ1n) is 6.37. The van der Waals surface area contributed by atoms with E-state index >= 15 is 0 Å². The highest BCUT2D eigenvalue weighted by atomic mass is 79.9. The summed E-state index contributed by atoms with van der Waals surface area (Å²) in [5.41, 5.74) is 1.28. The maximum atomic E-state index is 5.83. The third-order valence-electron chi connectivity index (χ3n) is 3.09. The van der Waals surface area contributed by atoms with Gasteiger partial charge in [0.2, 0.25) is 0 Å². The minimum Gasteiger partial charge on any atom is -0.491 e. The SMILES string of the molecule is CCC(C)Oc1ccc(Br)c(CNC2CC2)c1. The van der Waals surface area contributed by atoms with Crippen molar-refractivity contribution < 1.29 is 4.74 Å². The van der Waals surface area contributed by atoms with Gasteiger partial charge in [-0.2, -0.15) is 0 Å². The first kappa shape index (κ1) is 12.9. The van der Waals surface area contributed by atoms with Gasteiger partial charge in [-0.3, -0.25) is 0 Å². The molecule has 1 N–H and O–H groups in total. The van der Waals surface area contributed by atoms with Crippen LogP contribution in [0.5, 0.6) is 5.75 Å². The molecule has 1 aliphatic carbocycles. The molecule has 0 saturated heterocycles. The van der Waals surface area contributed by atoms with Crippen molar-refractivity contribution in [2.45, 2.75) is 51.8 Å². The summed E-state index contributed by atoms with van der Waals surface area (Å²) in [7, 11) is 0. The van der Waals surface area contributed by atoms with E-state index in [0.29, 0.717) is 0 Å². The Morgan fingerprint density at radius 1 is 1.47 bits per heavy atom. The molecule has 0 heterocycles. The average molecular weight is 298 g/mol. The van der Waals surface area contributed by atoms with Crippen LogP contribution in [0.2, 0.25) is 0 Å². The van der Waals surface area contributed by atoms with Crippen molar-refractivity contribution in [2.24, 2.45) is 0 Å². The lowest BCUT2D eigenvalue weighted by molar-refractivity contribution is 0.217. The van der Waals surface area contributed by atoms with Crippen molar-refractivity contribution in [2.75, 3.05) is 0 Å². The van der Waals surface area contributed by atoms with E-state index in [1.165, 1.54) is 18.4 Å². The van der Waals surface area contributed by atoms with Gasteiger partial charge in [0.1, 0.15) is 5.75 Å². The highest BCUT2D eigenvalue weighted by Gasteiger charge is 2.20.